The van der Waals surface area contributed by atoms with Gasteiger partial charge in [-0.15, -0.1) is 0 Å². The van der Waals surface area contributed by atoms with Crippen LogP contribution in [-0.2, 0) is 9.63 Å². The summed E-state index contributed by atoms with van der Waals surface area (Å²) in [6, 6.07) is 7.16. The molecule has 0 aliphatic rings. The normalized spacial score (nSPS) is 11.2. The first-order valence-corrected chi connectivity index (χ1v) is 4.66. The van der Waals surface area contributed by atoms with E-state index in [1.54, 1.807) is 19.1 Å². The molecule has 0 saturated carbocycles. The van der Waals surface area contributed by atoms with Gasteiger partial charge < -0.3 is 9.94 Å². The third-order valence-corrected chi connectivity index (χ3v) is 1.89. The number of carboxylic acids is 1. The number of carboxylic acid groups (broad SMARTS) is 1. The summed E-state index contributed by atoms with van der Waals surface area (Å²) in [4.78, 5) is 15.7. The first-order chi connectivity index (χ1) is 7.16. The third-order valence-electron chi connectivity index (χ3n) is 1.89. The van der Waals surface area contributed by atoms with E-state index < -0.39 is 5.97 Å². The van der Waals surface area contributed by atoms with Crippen molar-refractivity contribution in [2.45, 2.75) is 13.8 Å². The molecule has 0 bridgehead atoms. The molecule has 0 saturated heterocycles. The molecule has 0 spiro atoms. The summed E-state index contributed by atoms with van der Waals surface area (Å²) in [5.74, 6) is -1.09. The molecule has 4 nitrogen and oxygen atoms in total. The van der Waals surface area contributed by atoms with Crippen molar-refractivity contribution in [1.29, 1.82) is 0 Å². The van der Waals surface area contributed by atoms with Crippen LogP contribution in [0.2, 0.25) is 0 Å². The molecular formula is C11H13NO3. The molecule has 0 aliphatic carbocycles. The first kappa shape index (κ1) is 11.2. The number of rotatable bonds is 4. The van der Waals surface area contributed by atoms with Gasteiger partial charge in [-0.3, -0.25) is 0 Å². The van der Waals surface area contributed by atoms with Gasteiger partial charge in [-0.1, -0.05) is 29.4 Å². The van der Waals surface area contributed by atoms with Gasteiger partial charge in [0, 0.05) is 5.56 Å². The van der Waals surface area contributed by atoms with Crippen molar-refractivity contribution in [2.24, 2.45) is 5.16 Å². The Morgan fingerprint density at radius 2 is 2.13 bits per heavy atom. The van der Waals surface area contributed by atoms with E-state index in [9.17, 15) is 4.79 Å². The van der Waals surface area contributed by atoms with Crippen LogP contribution in [0, 0.1) is 6.92 Å². The molecule has 80 valence electrons. The Hall–Kier alpha value is -1.84. The molecule has 1 rings (SSSR count). The van der Waals surface area contributed by atoms with Crippen molar-refractivity contribution in [3.05, 3.63) is 35.4 Å². The highest BCUT2D eigenvalue weighted by Gasteiger charge is 2.15. The number of aryl methyl sites for hydroxylation is 1. The second-order valence-corrected chi connectivity index (χ2v) is 2.98. The van der Waals surface area contributed by atoms with Gasteiger partial charge >= 0.3 is 5.97 Å². The van der Waals surface area contributed by atoms with E-state index in [0.717, 1.165) is 5.56 Å². The Morgan fingerprint density at radius 1 is 1.47 bits per heavy atom. The maximum atomic E-state index is 10.9. The molecule has 0 aliphatic heterocycles. The van der Waals surface area contributed by atoms with E-state index in [2.05, 4.69) is 5.16 Å². The van der Waals surface area contributed by atoms with E-state index in [1.165, 1.54) is 0 Å². The van der Waals surface area contributed by atoms with Crippen LogP contribution >= 0.6 is 0 Å². The van der Waals surface area contributed by atoms with E-state index in [0.29, 0.717) is 12.2 Å². The molecule has 1 aromatic rings. The molecule has 0 radical (unpaired) electrons. The summed E-state index contributed by atoms with van der Waals surface area (Å²) in [6.45, 7) is 3.93. The van der Waals surface area contributed by atoms with Crippen LogP contribution in [0.1, 0.15) is 18.1 Å². The van der Waals surface area contributed by atoms with Crippen LogP contribution in [0.25, 0.3) is 0 Å². The Morgan fingerprint density at radius 3 is 2.67 bits per heavy atom. The van der Waals surface area contributed by atoms with E-state index in [-0.39, 0.29) is 5.71 Å². The van der Waals surface area contributed by atoms with Crippen molar-refractivity contribution in [2.75, 3.05) is 6.61 Å². The Labute approximate surface area is 88.2 Å². The highest BCUT2D eigenvalue weighted by atomic mass is 16.6. The maximum absolute atomic E-state index is 10.9. The van der Waals surface area contributed by atoms with Gasteiger partial charge in [-0.05, 0) is 19.4 Å². The monoisotopic (exact) mass is 207 g/mol. The molecule has 15 heavy (non-hydrogen) atoms. The molecule has 0 atom stereocenters. The fraction of sp³-hybridized carbons (Fsp3) is 0.273. The van der Waals surface area contributed by atoms with Crippen molar-refractivity contribution >= 4 is 11.7 Å². The minimum Gasteiger partial charge on any atom is -0.476 e. The number of oxime groups is 1. The topological polar surface area (TPSA) is 58.9 Å². The van der Waals surface area contributed by atoms with Gasteiger partial charge in [0.15, 0.2) is 5.71 Å². The van der Waals surface area contributed by atoms with Gasteiger partial charge in [0.25, 0.3) is 0 Å². The van der Waals surface area contributed by atoms with E-state index >= 15 is 0 Å². The van der Waals surface area contributed by atoms with Gasteiger partial charge in [0.1, 0.15) is 6.61 Å². The fourth-order valence-electron chi connectivity index (χ4n) is 1.17. The summed E-state index contributed by atoms with van der Waals surface area (Å²) < 4.78 is 0. The quantitative estimate of drug-likeness (QED) is 0.605. The largest absolute Gasteiger partial charge is 0.476 e. The molecule has 0 fully saturated rings. The summed E-state index contributed by atoms with van der Waals surface area (Å²) in [6.07, 6.45) is 0. The first-order valence-electron chi connectivity index (χ1n) is 4.66. The van der Waals surface area contributed by atoms with Gasteiger partial charge in [0.05, 0.1) is 0 Å². The van der Waals surface area contributed by atoms with Crippen molar-refractivity contribution in [1.82, 2.24) is 0 Å². The second kappa shape index (κ2) is 5.14. The Kier molecular flexibility index (Phi) is 3.85. The minimum absolute atomic E-state index is 0.0602. The Balaban J connectivity index is 3.10. The van der Waals surface area contributed by atoms with E-state index in [4.69, 9.17) is 9.94 Å². The summed E-state index contributed by atoms with van der Waals surface area (Å²) in [7, 11) is 0. The molecule has 0 amide bonds. The number of hydrogen-bond donors (Lipinski definition) is 1. The smallest absolute Gasteiger partial charge is 0.358 e. The SMILES string of the molecule is CCO/N=C(/C(=O)O)c1ccccc1C. The zero-order chi connectivity index (χ0) is 11.3. The van der Waals surface area contributed by atoms with Gasteiger partial charge in [-0.25, -0.2) is 4.79 Å². The zero-order valence-corrected chi connectivity index (χ0v) is 8.73. The average Bonchev–Trinajstić information content (AvgIpc) is 2.20. The van der Waals surface area contributed by atoms with Crippen LogP contribution in [-0.4, -0.2) is 23.4 Å². The van der Waals surface area contributed by atoms with Crippen molar-refractivity contribution in [3.63, 3.8) is 0 Å². The summed E-state index contributed by atoms with van der Waals surface area (Å²) in [5.41, 5.74) is 1.38. The molecule has 1 aromatic carbocycles. The molecular weight excluding hydrogens is 194 g/mol. The number of nitrogens with zero attached hydrogens (tertiary/aromatic N) is 1. The van der Waals surface area contributed by atoms with E-state index in [1.807, 2.05) is 19.1 Å². The lowest BCUT2D eigenvalue weighted by molar-refractivity contribution is -0.129. The summed E-state index contributed by atoms with van der Waals surface area (Å²) >= 11 is 0. The molecule has 0 aromatic heterocycles. The van der Waals surface area contributed by atoms with Gasteiger partial charge in [0.2, 0.25) is 0 Å². The number of aliphatic carboxylic acids is 1. The predicted molar refractivity (Wildman–Crippen MR) is 57.0 cm³/mol. The average molecular weight is 207 g/mol. The maximum Gasteiger partial charge on any atom is 0.358 e. The molecule has 4 heteroatoms. The number of benzene rings is 1. The highest BCUT2D eigenvalue weighted by molar-refractivity contribution is 6.42. The summed E-state index contributed by atoms with van der Waals surface area (Å²) in [5, 5.41) is 12.6. The molecule has 1 N–H and O–H groups in total. The highest BCUT2D eigenvalue weighted by Crippen LogP contribution is 2.09. The second-order valence-electron chi connectivity index (χ2n) is 2.98. The minimum atomic E-state index is -1.09. The third kappa shape index (κ3) is 2.80. The van der Waals surface area contributed by atoms with Gasteiger partial charge in [-0.2, -0.15) is 0 Å². The number of hydrogen-bond acceptors (Lipinski definition) is 3. The van der Waals surface area contributed by atoms with Crippen LogP contribution in [0.4, 0.5) is 0 Å². The predicted octanol–water partition coefficient (Wildman–Crippen LogP) is 1.82. The standard InChI is InChI=1S/C11H13NO3/c1-3-15-12-10(11(13)14)9-7-5-4-6-8(9)2/h4-7H,3H2,1-2H3,(H,13,14)/b12-10+. The lowest BCUT2D eigenvalue weighted by Crippen LogP contribution is -2.16. The lowest BCUT2D eigenvalue weighted by atomic mass is 10.0. The van der Waals surface area contributed by atoms with Crippen LogP contribution in [0.5, 0.6) is 0 Å². The van der Waals surface area contributed by atoms with Crippen LogP contribution < -0.4 is 0 Å². The fourth-order valence-corrected chi connectivity index (χ4v) is 1.17. The zero-order valence-electron chi connectivity index (χ0n) is 8.73. The molecule has 0 heterocycles. The Bertz CT molecular complexity index is 385. The number of carbonyl (C=O) groups is 1. The van der Waals surface area contributed by atoms with Crippen LogP contribution in [0.15, 0.2) is 29.4 Å². The molecule has 0 unspecified atom stereocenters. The van der Waals surface area contributed by atoms with Crippen molar-refractivity contribution in [3.8, 4) is 0 Å². The van der Waals surface area contributed by atoms with Crippen molar-refractivity contribution < 1.29 is 14.7 Å². The van der Waals surface area contributed by atoms with Crippen LogP contribution in [0.3, 0.4) is 0 Å². The lowest BCUT2D eigenvalue weighted by Gasteiger charge is -2.04.